The van der Waals surface area contributed by atoms with E-state index >= 15 is 0 Å². The Morgan fingerprint density at radius 3 is 1.64 bits per heavy atom. The molecule has 0 aliphatic rings. The van der Waals surface area contributed by atoms with Gasteiger partial charge in [-0.3, -0.25) is 0 Å². The van der Waals surface area contributed by atoms with Crippen LogP contribution in [-0.4, -0.2) is 0 Å². The molecule has 0 unspecified atom stereocenters. The van der Waals surface area contributed by atoms with Crippen LogP contribution >= 0.6 is 0 Å². The van der Waals surface area contributed by atoms with E-state index in [0.717, 1.165) is 0 Å². The Bertz CT molecular complexity index is 613. The van der Waals surface area contributed by atoms with Gasteiger partial charge in [0.1, 0.15) is 0 Å². The summed E-state index contributed by atoms with van der Waals surface area (Å²) in [4.78, 5) is 3.46. The topological polar surface area (TPSA) is 14.1 Å². The summed E-state index contributed by atoms with van der Waals surface area (Å²) in [7, 11) is 0. The van der Waals surface area contributed by atoms with Crippen LogP contribution in [0.4, 0.5) is 0 Å². The molecule has 1 aromatic heterocycles. The van der Waals surface area contributed by atoms with Gasteiger partial charge in [0.2, 0.25) is 0 Å². The van der Waals surface area contributed by atoms with Crippen LogP contribution in [0.5, 0.6) is 0 Å². The van der Waals surface area contributed by atoms with E-state index in [0.29, 0.717) is 0 Å². The van der Waals surface area contributed by atoms with Crippen molar-refractivity contribution in [2.24, 2.45) is 0 Å². The van der Waals surface area contributed by atoms with Crippen molar-refractivity contribution in [3.05, 3.63) is 42.2 Å². The minimum Gasteiger partial charge on any atom is -0.215 e. The second-order valence-corrected chi connectivity index (χ2v) is 8.60. The van der Waals surface area contributed by atoms with Crippen LogP contribution in [0.2, 0.25) is 0 Å². The molecule has 1 N–H and O–H groups in total. The fraction of sp³-hybridized carbons (Fsp3) is 0.667. The summed E-state index contributed by atoms with van der Waals surface area (Å²) in [6, 6.07) is 10.9. The van der Waals surface area contributed by atoms with Gasteiger partial charge in [0, 0.05) is 17.9 Å². The zero-order valence-electron chi connectivity index (χ0n) is 18.5. The van der Waals surface area contributed by atoms with Gasteiger partial charge in [0.25, 0.3) is 0 Å². The smallest absolute Gasteiger partial charge is 0.187 e. The molecule has 0 bridgehead atoms. The van der Waals surface area contributed by atoms with Gasteiger partial charge in [0.15, 0.2) is 11.9 Å². The lowest BCUT2D eigenvalue weighted by Gasteiger charge is -2.04. The number of H-pyrrole nitrogens is 1. The third kappa shape index (κ3) is 9.71. The molecule has 156 valence electrons. The van der Waals surface area contributed by atoms with Crippen LogP contribution in [0.1, 0.15) is 115 Å². The first-order valence-corrected chi connectivity index (χ1v) is 12.3. The van der Waals surface area contributed by atoms with E-state index in [1.807, 2.05) is 0 Å². The standard InChI is InChI=1S/C27H43N/c1-2-3-4-5-6-7-8-9-10-11-12-13-14-15-16-17-22-27-26-21-19-18-20-25(26)23-24-28-27/h18-21,23-24H,2-17,22H2,1H3/p+1. The van der Waals surface area contributed by atoms with Crippen molar-refractivity contribution in [3.8, 4) is 0 Å². The number of unbranched alkanes of at least 4 members (excludes halogenated alkanes) is 15. The number of hydrogen-bond acceptors (Lipinski definition) is 0. The molecular formula is C27H44N+. The van der Waals surface area contributed by atoms with Crippen LogP contribution < -0.4 is 4.98 Å². The number of fused-ring (bicyclic) bond motifs is 1. The molecule has 0 aliphatic carbocycles. The average Bonchev–Trinajstić information content (AvgIpc) is 2.73. The summed E-state index contributed by atoms with van der Waals surface area (Å²) in [5.41, 5.74) is 1.41. The third-order valence-electron chi connectivity index (χ3n) is 6.09. The number of aryl methyl sites for hydroxylation is 1. The zero-order valence-corrected chi connectivity index (χ0v) is 18.5. The molecule has 0 aliphatic heterocycles. The molecule has 1 heterocycles. The quantitative estimate of drug-likeness (QED) is 0.244. The van der Waals surface area contributed by atoms with Crippen molar-refractivity contribution in [2.45, 2.75) is 116 Å². The molecule has 0 spiro atoms. The van der Waals surface area contributed by atoms with Gasteiger partial charge in [-0.2, -0.15) is 0 Å². The Morgan fingerprint density at radius 2 is 1.07 bits per heavy atom. The molecule has 1 aromatic carbocycles. The molecule has 0 fully saturated rings. The summed E-state index contributed by atoms with van der Waals surface area (Å²) in [5, 5.41) is 2.75. The molecule has 0 radical (unpaired) electrons. The van der Waals surface area contributed by atoms with E-state index in [2.05, 4.69) is 48.4 Å². The van der Waals surface area contributed by atoms with Gasteiger partial charge in [-0.25, -0.2) is 4.98 Å². The first-order chi connectivity index (χ1) is 13.9. The van der Waals surface area contributed by atoms with E-state index < -0.39 is 0 Å². The minimum absolute atomic E-state index is 1.18. The predicted octanol–water partition coefficient (Wildman–Crippen LogP) is 8.46. The summed E-state index contributed by atoms with van der Waals surface area (Å²) in [6.45, 7) is 2.30. The Balaban J connectivity index is 1.37. The third-order valence-corrected chi connectivity index (χ3v) is 6.09. The molecule has 2 aromatic rings. The predicted molar refractivity (Wildman–Crippen MR) is 124 cm³/mol. The van der Waals surface area contributed by atoms with Crippen LogP contribution in [0.25, 0.3) is 10.8 Å². The first kappa shape index (κ1) is 22.9. The number of aromatic nitrogens is 1. The van der Waals surface area contributed by atoms with Gasteiger partial charge in [0.05, 0.1) is 0 Å². The monoisotopic (exact) mass is 382 g/mol. The van der Waals surface area contributed by atoms with Crippen molar-refractivity contribution in [1.82, 2.24) is 0 Å². The molecule has 0 atom stereocenters. The number of hydrogen-bond donors (Lipinski definition) is 0. The molecule has 1 nitrogen and oxygen atoms in total. The molecule has 28 heavy (non-hydrogen) atoms. The number of aromatic amines is 1. The lowest BCUT2D eigenvalue weighted by atomic mass is 10.0. The summed E-state index contributed by atoms with van der Waals surface area (Å²) in [5.74, 6) is 0. The highest BCUT2D eigenvalue weighted by Gasteiger charge is 2.06. The molecule has 1 heteroatoms. The first-order valence-electron chi connectivity index (χ1n) is 12.3. The highest BCUT2D eigenvalue weighted by Crippen LogP contribution is 2.17. The summed E-state index contributed by atoms with van der Waals surface area (Å²) < 4.78 is 0. The van der Waals surface area contributed by atoms with Crippen LogP contribution in [0.3, 0.4) is 0 Å². The van der Waals surface area contributed by atoms with E-state index in [4.69, 9.17) is 0 Å². The second-order valence-electron chi connectivity index (χ2n) is 8.60. The van der Waals surface area contributed by atoms with Crippen molar-refractivity contribution in [2.75, 3.05) is 0 Å². The van der Waals surface area contributed by atoms with E-state index in [1.54, 1.807) is 0 Å². The van der Waals surface area contributed by atoms with Crippen LogP contribution in [0.15, 0.2) is 36.5 Å². The van der Waals surface area contributed by atoms with Crippen molar-refractivity contribution < 1.29 is 4.98 Å². The number of rotatable bonds is 17. The molecule has 0 saturated carbocycles. The maximum absolute atomic E-state index is 3.46. The Hall–Kier alpha value is -1.37. The highest BCUT2D eigenvalue weighted by atomic mass is 14.7. The Morgan fingerprint density at radius 1 is 0.571 bits per heavy atom. The molecular weight excluding hydrogens is 338 g/mol. The lowest BCUT2D eigenvalue weighted by molar-refractivity contribution is -0.388. The van der Waals surface area contributed by atoms with E-state index in [-0.39, 0.29) is 0 Å². The molecule has 2 rings (SSSR count). The minimum atomic E-state index is 1.18. The maximum Gasteiger partial charge on any atom is 0.187 e. The SMILES string of the molecule is CCCCCCCCCCCCCCCCCCc1[nH+]ccc2ccccc12. The van der Waals surface area contributed by atoms with Gasteiger partial charge in [-0.15, -0.1) is 0 Å². The fourth-order valence-corrected chi connectivity index (χ4v) is 4.28. The van der Waals surface area contributed by atoms with Gasteiger partial charge >= 0.3 is 0 Å². The second kappa shape index (κ2) is 15.5. The lowest BCUT2D eigenvalue weighted by Crippen LogP contribution is -2.10. The van der Waals surface area contributed by atoms with Gasteiger partial charge in [-0.05, 0) is 17.9 Å². The summed E-state index contributed by atoms with van der Waals surface area (Å²) in [6.07, 6.45) is 26.2. The zero-order chi connectivity index (χ0) is 19.7. The molecule has 0 amide bonds. The average molecular weight is 383 g/mol. The van der Waals surface area contributed by atoms with Crippen LogP contribution in [-0.2, 0) is 6.42 Å². The largest absolute Gasteiger partial charge is 0.215 e. The number of benzene rings is 1. The number of nitrogens with one attached hydrogen (secondary N) is 1. The normalized spacial score (nSPS) is 11.3. The van der Waals surface area contributed by atoms with Crippen molar-refractivity contribution in [3.63, 3.8) is 0 Å². The highest BCUT2D eigenvalue weighted by molar-refractivity contribution is 5.83. The van der Waals surface area contributed by atoms with Gasteiger partial charge < -0.3 is 0 Å². The van der Waals surface area contributed by atoms with E-state index in [9.17, 15) is 0 Å². The maximum atomic E-state index is 3.46. The van der Waals surface area contributed by atoms with Gasteiger partial charge in [-0.1, -0.05) is 121 Å². The van der Waals surface area contributed by atoms with Crippen molar-refractivity contribution >= 4 is 10.8 Å². The fourth-order valence-electron chi connectivity index (χ4n) is 4.28. The Kier molecular flexibility index (Phi) is 12.7. The molecule has 0 saturated heterocycles. The number of pyridine rings is 1. The van der Waals surface area contributed by atoms with E-state index in [1.165, 1.54) is 126 Å². The van der Waals surface area contributed by atoms with Crippen LogP contribution in [0, 0.1) is 0 Å². The van der Waals surface area contributed by atoms with Crippen molar-refractivity contribution in [1.29, 1.82) is 0 Å². The Labute approximate surface area is 174 Å². The summed E-state index contributed by atoms with van der Waals surface area (Å²) >= 11 is 0.